The molecular formula is C7H9F3O4. The summed E-state index contributed by atoms with van der Waals surface area (Å²) >= 11 is 0. The molecule has 0 saturated heterocycles. The van der Waals surface area contributed by atoms with Gasteiger partial charge in [0.05, 0.1) is 0 Å². The molecule has 0 aliphatic heterocycles. The molecule has 4 nitrogen and oxygen atoms in total. The molecule has 0 aliphatic rings. The molecule has 0 unspecified atom stereocenters. The fourth-order valence-corrected chi connectivity index (χ4v) is 0.502. The van der Waals surface area contributed by atoms with Crippen LogP contribution in [0.4, 0.5) is 13.2 Å². The molecule has 0 aromatic heterocycles. The van der Waals surface area contributed by atoms with E-state index < -0.39 is 30.1 Å². The van der Waals surface area contributed by atoms with Crippen LogP contribution in [0.25, 0.3) is 0 Å². The van der Waals surface area contributed by atoms with Gasteiger partial charge in [-0.05, 0) is 13.8 Å². The normalized spacial score (nSPS) is 12.4. The Labute approximate surface area is 77.7 Å². The highest BCUT2D eigenvalue weighted by Crippen LogP contribution is 2.32. The number of halogens is 3. The Bertz CT molecular complexity index is 244. The van der Waals surface area contributed by atoms with Crippen molar-refractivity contribution >= 4 is 11.9 Å². The first-order chi connectivity index (χ1) is 6.06. The maximum Gasteiger partial charge on any atom is 0.427 e. The van der Waals surface area contributed by atoms with E-state index in [4.69, 9.17) is 5.11 Å². The van der Waals surface area contributed by atoms with E-state index in [1.807, 2.05) is 0 Å². The van der Waals surface area contributed by atoms with Crippen LogP contribution >= 0.6 is 0 Å². The second-order valence-electron chi connectivity index (χ2n) is 3.05. The number of carboxylic acid groups (broad SMARTS) is 1. The lowest BCUT2D eigenvalue weighted by molar-refractivity contribution is -0.257. The van der Waals surface area contributed by atoms with Crippen molar-refractivity contribution in [3.8, 4) is 0 Å². The molecule has 0 aliphatic carbocycles. The lowest BCUT2D eigenvalue weighted by Crippen LogP contribution is -2.43. The predicted molar refractivity (Wildman–Crippen MR) is 38.5 cm³/mol. The first-order valence-corrected chi connectivity index (χ1v) is 3.56. The zero-order chi connectivity index (χ0) is 11.6. The molecule has 0 heterocycles. The molecule has 0 bridgehead atoms. The van der Waals surface area contributed by atoms with Gasteiger partial charge in [-0.3, -0.25) is 9.59 Å². The van der Waals surface area contributed by atoms with E-state index >= 15 is 0 Å². The average Bonchev–Trinajstić information content (AvgIpc) is 1.79. The summed E-state index contributed by atoms with van der Waals surface area (Å²) in [6.07, 6.45) is -5.80. The summed E-state index contributed by atoms with van der Waals surface area (Å²) in [6.45, 7) is 1.29. The number of hydrogen-bond acceptors (Lipinski definition) is 3. The van der Waals surface area contributed by atoms with Crippen molar-refractivity contribution in [2.24, 2.45) is 0 Å². The van der Waals surface area contributed by atoms with Crippen LogP contribution in [0, 0.1) is 0 Å². The standard InChI is InChI=1S/C7H9F3O4/c1-6(2,7(8,9)10)14-5(13)3-4(11)12/h3H2,1-2H3,(H,11,12). The van der Waals surface area contributed by atoms with E-state index in [0.29, 0.717) is 13.8 Å². The number of esters is 1. The molecule has 0 aromatic carbocycles. The van der Waals surface area contributed by atoms with E-state index in [-0.39, 0.29) is 0 Å². The molecule has 0 amide bonds. The van der Waals surface area contributed by atoms with Crippen molar-refractivity contribution in [3.05, 3.63) is 0 Å². The molecule has 0 atom stereocenters. The van der Waals surface area contributed by atoms with E-state index in [1.165, 1.54) is 0 Å². The largest absolute Gasteiger partial charge is 0.481 e. The topological polar surface area (TPSA) is 63.6 Å². The van der Waals surface area contributed by atoms with Gasteiger partial charge in [-0.1, -0.05) is 0 Å². The van der Waals surface area contributed by atoms with Gasteiger partial charge < -0.3 is 9.84 Å². The molecule has 1 N–H and O–H groups in total. The fourth-order valence-electron chi connectivity index (χ4n) is 0.502. The molecule has 82 valence electrons. The van der Waals surface area contributed by atoms with Gasteiger partial charge in [0.25, 0.3) is 0 Å². The van der Waals surface area contributed by atoms with Crippen molar-refractivity contribution in [1.82, 2.24) is 0 Å². The number of carboxylic acids is 1. The number of hydrogen-bond donors (Lipinski definition) is 1. The lowest BCUT2D eigenvalue weighted by Gasteiger charge is -2.27. The van der Waals surface area contributed by atoms with Gasteiger partial charge in [0.2, 0.25) is 5.60 Å². The van der Waals surface area contributed by atoms with Crippen molar-refractivity contribution in [1.29, 1.82) is 0 Å². The monoisotopic (exact) mass is 214 g/mol. The van der Waals surface area contributed by atoms with Crippen molar-refractivity contribution < 1.29 is 32.6 Å². The lowest BCUT2D eigenvalue weighted by atomic mass is 10.1. The Morgan fingerprint density at radius 1 is 1.29 bits per heavy atom. The molecule has 7 heteroatoms. The number of ether oxygens (including phenoxy) is 1. The number of rotatable bonds is 3. The smallest absolute Gasteiger partial charge is 0.427 e. The number of alkyl halides is 3. The summed E-state index contributed by atoms with van der Waals surface area (Å²) in [4.78, 5) is 20.6. The fraction of sp³-hybridized carbons (Fsp3) is 0.714. The van der Waals surface area contributed by atoms with Crippen LogP contribution in [-0.4, -0.2) is 28.8 Å². The third kappa shape index (κ3) is 3.63. The molecule has 0 aromatic rings. The van der Waals surface area contributed by atoms with E-state index in [2.05, 4.69) is 4.74 Å². The number of aliphatic carboxylic acids is 1. The van der Waals surface area contributed by atoms with Crippen LogP contribution in [0.5, 0.6) is 0 Å². The zero-order valence-electron chi connectivity index (χ0n) is 7.51. The summed E-state index contributed by atoms with van der Waals surface area (Å²) < 4.78 is 40.3. The highest BCUT2D eigenvalue weighted by atomic mass is 19.4. The first-order valence-electron chi connectivity index (χ1n) is 3.56. The van der Waals surface area contributed by atoms with Crippen LogP contribution in [0.1, 0.15) is 20.3 Å². The molecule has 0 radical (unpaired) electrons. The SMILES string of the molecule is CC(C)(OC(=O)CC(=O)O)C(F)(F)F. The Hall–Kier alpha value is -1.27. The van der Waals surface area contributed by atoms with Crippen molar-refractivity contribution in [3.63, 3.8) is 0 Å². The maximum absolute atomic E-state index is 12.1. The molecular weight excluding hydrogens is 205 g/mol. The van der Waals surface area contributed by atoms with Gasteiger partial charge in [-0.15, -0.1) is 0 Å². The first kappa shape index (κ1) is 12.7. The molecule has 0 rings (SSSR count). The minimum absolute atomic E-state index is 0.646. The van der Waals surface area contributed by atoms with Gasteiger partial charge in [0, 0.05) is 0 Å². The average molecular weight is 214 g/mol. The van der Waals surface area contributed by atoms with Crippen LogP contribution < -0.4 is 0 Å². The van der Waals surface area contributed by atoms with Gasteiger partial charge in [-0.25, -0.2) is 0 Å². The highest BCUT2D eigenvalue weighted by Gasteiger charge is 2.50. The van der Waals surface area contributed by atoms with Gasteiger partial charge in [0.15, 0.2) is 0 Å². The van der Waals surface area contributed by atoms with Crippen LogP contribution in [0.3, 0.4) is 0 Å². The third-order valence-corrected chi connectivity index (χ3v) is 1.35. The van der Waals surface area contributed by atoms with E-state index in [0.717, 1.165) is 0 Å². The summed E-state index contributed by atoms with van der Waals surface area (Å²) in [6, 6.07) is 0. The van der Waals surface area contributed by atoms with Crippen LogP contribution in [0.2, 0.25) is 0 Å². The highest BCUT2D eigenvalue weighted by molar-refractivity contribution is 5.90. The predicted octanol–water partition coefficient (Wildman–Crippen LogP) is 1.35. The Kier molecular flexibility index (Phi) is 3.50. The summed E-state index contributed by atoms with van der Waals surface area (Å²) in [5.74, 6) is -2.95. The minimum Gasteiger partial charge on any atom is -0.481 e. The second kappa shape index (κ2) is 3.85. The molecule has 0 spiro atoms. The summed E-state index contributed by atoms with van der Waals surface area (Å²) in [7, 11) is 0. The molecule has 0 fully saturated rings. The second-order valence-corrected chi connectivity index (χ2v) is 3.05. The molecule has 0 saturated carbocycles. The number of carbonyl (C=O) groups excluding carboxylic acids is 1. The summed E-state index contributed by atoms with van der Waals surface area (Å²) in [5, 5.41) is 8.10. The molecule has 14 heavy (non-hydrogen) atoms. The summed E-state index contributed by atoms with van der Waals surface area (Å²) in [5.41, 5.74) is -2.67. The Morgan fingerprint density at radius 2 is 1.71 bits per heavy atom. The number of carbonyl (C=O) groups is 2. The third-order valence-electron chi connectivity index (χ3n) is 1.35. The minimum atomic E-state index is -4.72. The Morgan fingerprint density at radius 3 is 2.00 bits per heavy atom. The zero-order valence-corrected chi connectivity index (χ0v) is 7.51. The van der Waals surface area contributed by atoms with E-state index in [9.17, 15) is 22.8 Å². The van der Waals surface area contributed by atoms with Gasteiger partial charge in [0.1, 0.15) is 6.42 Å². The van der Waals surface area contributed by atoms with E-state index in [1.54, 1.807) is 0 Å². The Balaban J connectivity index is 4.37. The quantitative estimate of drug-likeness (QED) is 0.568. The van der Waals surface area contributed by atoms with Crippen LogP contribution in [0.15, 0.2) is 0 Å². The maximum atomic E-state index is 12.1. The van der Waals surface area contributed by atoms with Gasteiger partial charge in [-0.2, -0.15) is 13.2 Å². The van der Waals surface area contributed by atoms with Crippen molar-refractivity contribution in [2.75, 3.05) is 0 Å². The van der Waals surface area contributed by atoms with Crippen molar-refractivity contribution in [2.45, 2.75) is 32.0 Å². The van der Waals surface area contributed by atoms with Gasteiger partial charge >= 0.3 is 18.1 Å². The van der Waals surface area contributed by atoms with Crippen LogP contribution in [-0.2, 0) is 14.3 Å².